The Balaban J connectivity index is 1.58. The number of hydrogen-bond donors (Lipinski definition) is 1. The van der Waals surface area contributed by atoms with Gasteiger partial charge in [-0.2, -0.15) is 0 Å². The number of nitrogens with zero attached hydrogens (tertiary/aromatic N) is 1. The zero-order chi connectivity index (χ0) is 21.1. The molecule has 1 aliphatic rings. The summed E-state index contributed by atoms with van der Waals surface area (Å²) in [4.78, 5) is 18.0. The number of aryl methyl sites for hydroxylation is 1. The predicted octanol–water partition coefficient (Wildman–Crippen LogP) is 5.21. The number of rotatable bonds is 6. The van der Waals surface area contributed by atoms with E-state index in [2.05, 4.69) is 48.3 Å². The number of anilines is 1. The Morgan fingerprint density at radius 1 is 1.17 bits per heavy atom. The van der Waals surface area contributed by atoms with E-state index in [4.69, 9.17) is 4.74 Å². The zero-order valence-electron chi connectivity index (χ0n) is 17.8. The normalized spacial score (nSPS) is 16.2. The van der Waals surface area contributed by atoms with Crippen LogP contribution in [-0.4, -0.2) is 31.0 Å². The first-order valence-corrected chi connectivity index (χ1v) is 11.3. The van der Waals surface area contributed by atoms with E-state index in [1.54, 1.807) is 7.11 Å². The smallest absolute Gasteiger partial charge is 0.238 e. The molecule has 0 spiro atoms. The molecule has 0 saturated heterocycles. The molecule has 156 valence electrons. The van der Waals surface area contributed by atoms with Gasteiger partial charge in [-0.05, 0) is 60.7 Å². The van der Waals surface area contributed by atoms with Crippen molar-refractivity contribution in [2.45, 2.75) is 32.7 Å². The zero-order valence-corrected chi connectivity index (χ0v) is 18.6. The summed E-state index contributed by atoms with van der Waals surface area (Å²) in [5.41, 5.74) is 5.04. The second kappa shape index (κ2) is 9.02. The summed E-state index contributed by atoms with van der Waals surface area (Å²) >= 11 is 1.90. The topological polar surface area (TPSA) is 41.6 Å². The fourth-order valence-corrected chi connectivity index (χ4v) is 5.85. The Hall–Kier alpha value is -2.63. The van der Waals surface area contributed by atoms with E-state index in [9.17, 15) is 4.79 Å². The van der Waals surface area contributed by atoms with Crippen LogP contribution in [0.25, 0.3) is 0 Å². The number of ether oxygens (including phenoxy) is 1. The molecule has 4 nitrogen and oxygen atoms in total. The SMILES string of the molecule is CCc1c(C)sc2c1CCN(CC(=O)Nc1ccc(OC)cc1)C2c1ccccc1. The van der Waals surface area contributed by atoms with Gasteiger partial charge in [0.05, 0.1) is 19.7 Å². The van der Waals surface area contributed by atoms with Crippen molar-refractivity contribution in [1.29, 1.82) is 0 Å². The molecular formula is C25H28N2O2S. The molecule has 2 aromatic carbocycles. The highest BCUT2D eigenvalue weighted by Crippen LogP contribution is 2.42. The maximum Gasteiger partial charge on any atom is 0.238 e. The second-order valence-electron chi connectivity index (χ2n) is 7.64. The lowest BCUT2D eigenvalue weighted by Crippen LogP contribution is -2.40. The minimum atomic E-state index is 0.00791. The minimum Gasteiger partial charge on any atom is -0.497 e. The highest BCUT2D eigenvalue weighted by atomic mass is 32.1. The molecule has 1 aliphatic heterocycles. The number of carbonyl (C=O) groups is 1. The molecule has 0 saturated carbocycles. The number of thiophene rings is 1. The van der Waals surface area contributed by atoms with Crippen LogP contribution in [0.3, 0.4) is 0 Å². The Labute approximate surface area is 182 Å². The maximum atomic E-state index is 12.9. The van der Waals surface area contributed by atoms with Gasteiger partial charge in [0.25, 0.3) is 0 Å². The number of fused-ring (bicyclic) bond motifs is 1. The minimum absolute atomic E-state index is 0.00791. The molecule has 30 heavy (non-hydrogen) atoms. The summed E-state index contributed by atoms with van der Waals surface area (Å²) in [7, 11) is 1.64. The highest BCUT2D eigenvalue weighted by molar-refractivity contribution is 7.12. The number of benzene rings is 2. The average Bonchev–Trinajstić information content (AvgIpc) is 3.09. The molecule has 0 fully saturated rings. The summed E-state index contributed by atoms with van der Waals surface area (Å²) in [6, 6.07) is 18.1. The van der Waals surface area contributed by atoms with Crippen LogP contribution in [0.1, 0.15) is 39.4 Å². The van der Waals surface area contributed by atoms with Crippen molar-refractivity contribution in [2.75, 3.05) is 25.5 Å². The Kier molecular flexibility index (Phi) is 6.21. The van der Waals surface area contributed by atoms with Gasteiger partial charge in [0.15, 0.2) is 0 Å². The number of amides is 1. The quantitative estimate of drug-likeness (QED) is 0.595. The lowest BCUT2D eigenvalue weighted by molar-refractivity contribution is -0.117. The van der Waals surface area contributed by atoms with Gasteiger partial charge in [0.2, 0.25) is 5.91 Å². The first-order valence-electron chi connectivity index (χ1n) is 10.4. The monoisotopic (exact) mass is 420 g/mol. The lowest BCUT2D eigenvalue weighted by Gasteiger charge is -2.36. The van der Waals surface area contributed by atoms with Gasteiger partial charge in [-0.25, -0.2) is 0 Å². The molecule has 1 atom stereocenters. The summed E-state index contributed by atoms with van der Waals surface area (Å²) in [6.45, 7) is 5.71. The molecule has 0 radical (unpaired) electrons. The van der Waals surface area contributed by atoms with Gasteiger partial charge in [-0.3, -0.25) is 9.69 Å². The predicted molar refractivity (Wildman–Crippen MR) is 124 cm³/mol. The number of carbonyl (C=O) groups excluding carboxylic acids is 1. The van der Waals surface area contributed by atoms with E-state index in [0.29, 0.717) is 6.54 Å². The fourth-order valence-electron chi connectivity index (χ4n) is 4.38. The maximum absolute atomic E-state index is 12.9. The molecule has 1 unspecified atom stereocenters. The van der Waals surface area contributed by atoms with Gasteiger partial charge < -0.3 is 10.1 Å². The van der Waals surface area contributed by atoms with Crippen LogP contribution in [0, 0.1) is 6.92 Å². The van der Waals surface area contributed by atoms with Crippen molar-refractivity contribution in [3.8, 4) is 5.75 Å². The highest BCUT2D eigenvalue weighted by Gasteiger charge is 2.33. The van der Waals surface area contributed by atoms with Gasteiger partial charge in [0.1, 0.15) is 5.75 Å². The van der Waals surface area contributed by atoms with Crippen LogP contribution in [0.15, 0.2) is 54.6 Å². The first-order chi connectivity index (χ1) is 14.6. The van der Waals surface area contributed by atoms with E-state index in [1.165, 1.54) is 26.4 Å². The Bertz CT molecular complexity index is 1010. The number of methoxy groups -OCH3 is 1. The van der Waals surface area contributed by atoms with E-state index in [1.807, 2.05) is 41.7 Å². The molecule has 5 heteroatoms. The first kappa shape index (κ1) is 20.6. The summed E-state index contributed by atoms with van der Waals surface area (Å²) in [5.74, 6) is 0.786. The third-order valence-corrected chi connectivity index (χ3v) is 7.04. The van der Waals surface area contributed by atoms with Crippen LogP contribution in [-0.2, 0) is 17.6 Å². The molecule has 1 aromatic heterocycles. The molecule has 4 rings (SSSR count). The molecule has 0 aliphatic carbocycles. The molecule has 2 heterocycles. The third kappa shape index (κ3) is 4.13. The van der Waals surface area contributed by atoms with Crippen molar-refractivity contribution in [1.82, 2.24) is 4.90 Å². The van der Waals surface area contributed by atoms with Crippen LogP contribution in [0.5, 0.6) is 5.75 Å². The van der Waals surface area contributed by atoms with Crippen molar-refractivity contribution in [3.05, 3.63) is 81.0 Å². The number of hydrogen-bond acceptors (Lipinski definition) is 4. The Morgan fingerprint density at radius 2 is 1.90 bits per heavy atom. The van der Waals surface area contributed by atoms with Gasteiger partial charge >= 0.3 is 0 Å². The molecule has 0 bridgehead atoms. The van der Waals surface area contributed by atoms with Gasteiger partial charge in [-0.1, -0.05) is 37.3 Å². The van der Waals surface area contributed by atoms with Crippen molar-refractivity contribution in [2.24, 2.45) is 0 Å². The van der Waals surface area contributed by atoms with Crippen molar-refractivity contribution in [3.63, 3.8) is 0 Å². The molecule has 3 aromatic rings. The van der Waals surface area contributed by atoms with Crippen LogP contribution >= 0.6 is 11.3 Å². The van der Waals surface area contributed by atoms with Crippen molar-refractivity contribution < 1.29 is 9.53 Å². The average molecular weight is 421 g/mol. The fraction of sp³-hybridized carbons (Fsp3) is 0.320. The van der Waals surface area contributed by atoms with E-state index in [0.717, 1.165) is 30.8 Å². The van der Waals surface area contributed by atoms with Crippen molar-refractivity contribution >= 4 is 22.9 Å². The standard InChI is InChI=1S/C25H28N2O2S/c1-4-21-17(2)30-25-22(21)14-15-27(24(25)18-8-6-5-7-9-18)16-23(28)26-19-10-12-20(29-3)13-11-19/h5-13,24H,4,14-16H2,1-3H3,(H,26,28). The van der Waals surface area contributed by atoms with Crippen LogP contribution < -0.4 is 10.1 Å². The summed E-state index contributed by atoms with van der Waals surface area (Å²) in [5, 5.41) is 3.03. The summed E-state index contributed by atoms with van der Waals surface area (Å²) < 4.78 is 5.19. The molecule has 1 N–H and O–H groups in total. The van der Waals surface area contributed by atoms with Gasteiger partial charge in [-0.15, -0.1) is 11.3 Å². The Morgan fingerprint density at radius 3 is 2.57 bits per heavy atom. The summed E-state index contributed by atoms with van der Waals surface area (Å²) in [6.07, 6.45) is 2.07. The van der Waals surface area contributed by atoms with Crippen LogP contribution in [0.2, 0.25) is 0 Å². The molecule has 1 amide bonds. The second-order valence-corrected chi connectivity index (χ2v) is 8.90. The van der Waals surface area contributed by atoms with Crippen LogP contribution in [0.4, 0.5) is 5.69 Å². The van der Waals surface area contributed by atoms with Gasteiger partial charge in [0, 0.05) is 22.0 Å². The number of nitrogens with one attached hydrogen (secondary N) is 1. The van der Waals surface area contributed by atoms with E-state index in [-0.39, 0.29) is 11.9 Å². The largest absolute Gasteiger partial charge is 0.497 e. The van der Waals surface area contributed by atoms with E-state index < -0.39 is 0 Å². The van der Waals surface area contributed by atoms with E-state index >= 15 is 0 Å². The molecular weight excluding hydrogens is 392 g/mol. The third-order valence-electron chi connectivity index (χ3n) is 5.80. The lowest BCUT2D eigenvalue weighted by atomic mass is 9.91.